The first-order chi connectivity index (χ1) is 12.9. The second-order valence-corrected chi connectivity index (χ2v) is 8.22. The van der Waals surface area contributed by atoms with E-state index in [9.17, 15) is 14.7 Å². The molecular weight excluding hydrogens is 344 g/mol. The number of carbonyl (C=O) groups is 2. The molecule has 1 aliphatic carbocycles. The zero-order valence-corrected chi connectivity index (χ0v) is 17.3. The van der Waals surface area contributed by atoms with E-state index in [-0.39, 0.29) is 24.6 Å². The lowest BCUT2D eigenvalue weighted by atomic mass is 9.85. The van der Waals surface area contributed by atoms with Gasteiger partial charge in [-0.05, 0) is 63.2 Å². The largest absolute Gasteiger partial charge is 0.481 e. The van der Waals surface area contributed by atoms with Gasteiger partial charge in [0.05, 0.1) is 6.10 Å². The van der Waals surface area contributed by atoms with Crippen molar-refractivity contribution in [1.82, 2.24) is 0 Å². The third-order valence-electron chi connectivity index (χ3n) is 5.93. The number of hydrogen-bond donors (Lipinski definition) is 2. The highest BCUT2D eigenvalue weighted by molar-refractivity contribution is 5.66. The summed E-state index contributed by atoms with van der Waals surface area (Å²) in [5.41, 5.74) is 0. The Morgan fingerprint density at radius 2 is 1.74 bits per heavy atom. The Morgan fingerprint density at radius 1 is 1.00 bits per heavy atom. The third-order valence-corrected chi connectivity index (χ3v) is 5.93. The van der Waals surface area contributed by atoms with Crippen molar-refractivity contribution in [2.45, 2.75) is 116 Å². The van der Waals surface area contributed by atoms with Crippen molar-refractivity contribution in [2.75, 3.05) is 0 Å². The van der Waals surface area contributed by atoms with Crippen LogP contribution in [0.5, 0.6) is 0 Å². The summed E-state index contributed by atoms with van der Waals surface area (Å²) in [5.74, 6) is -0.0511. The molecule has 0 aromatic rings. The third kappa shape index (κ3) is 10.7. The molecule has 0 spiro atoms. The minimum atomic E-state index is -0.720. The normalized spacial score (nSPS) is 23.3. The van der Waals surface area contributed by atoms with Crippen molar-refractivity contribution in [3.05, 3.63) is 0 Å². The Bertz CT molecular complexity index is 423. The summed E-state index contributed by atoms with van der Waals surface area (Å²) in [6.07, 6.45) is 13.1. The summed E-state index contributed by atoms with van der Waals surface area (Å²) in [6, 6.07) is 0. The van der Waals surface area contributed by atoms with Gasteiger partial charge in [0.2, 0.25) is 0 Å². The van der Waals surface area contributed by atoms with Crippen molar-refractivity contribution in [2.24, 2.45) is 11.8 Å². The minimum Gasteiger partial charge on any atom is -0.481 e. The molecule has 4 atom stereocenters. The molecule has 5 nitrogen and oxygen atoms in total. The number of aliphatic hydroxyl groups excluding tert-OH is 1. The van der Waals surface area contributed by atoms with E-state index in [2.05, 4.69) is 6.92 Å². The second kappa shape index (κ2) is 14.0. The summed E-state index contributed by atoms with van der Waals surface area (Å²) < 4.78 is 5.51. The smallest absolute Gasteiger partial charge is 0.303 e. The summed E-state index contributed by atoms with van der Waals surface area (Å²) in [5, 5.41) is 19.0. The molecule has 158 valence electrons. The molecule has 0 aromatic heterocycles. The van der Waals surface area contributed by atoms with Crippen LogP contribution in [0.1, 0.15) is 104 Å². The van der Waals surface area contributed by atoms with Crippen molar-refractivity contribution in [3.63, 3.8) is 0 Å². The fraction of sp³-hybridized carbons (Fsp3) is 0.909. The van der Waals surface area contributed by atoms with Gasteiger partial charge in [-0.2, -0.15) is 0 Å². The van der Waals surface area contributed by atoms with Gasteiger partial charge in [-0.3, -0.25) is 9.59 Å². The SMILES string of the molecule is CCCCCC(CC[C@H]1CCC(O)[C@@H]1CCCCCCC(=O)O)OC(C)=O. The van der Waals surface area contributed by atoms with E-state index in [0.29, 0.717) is 11.8 Å². The van der Waals surface area contributed by atoms with E-state index in [0.717, 1.165) is 77.0 Å². The maximum atomic E-state index is 11.4. The molecule has 1 saturated carbocycles. The van der Waals surface area contributed by atoms with Crippen LogP contribution in [0.3, 0.4) is 0 Å². The monoisotopic (exact) mass is 384 g/mol. The van der Waals surface area contributed by atoms with Gasteiger partial charge >= 0.3 is 11.9 Å². The number of rotatable bonds is 15. The zero-order valence-electron chi connectivity index (χ0n) is 17.3. The predicted molar refractivity (Wildman–Crippen MR) is 106 cm³/mol. The Labute approximate surface area is 164 Å². The molecule has 1 rings (SSSR count). The Balaban J connectivity index is 2.34. The fourth-order valence-corrected chi connectivity index (χ4v) is 4.44. The van der Waals surface area contributed by atoms with E-state index >= 15 is 0 Å². The van der Waals surface area contributed by atoms with Crippen LogP contribution in [0.15, 0.2) is 0 Å². The molecule has 5 heteroatoms. The summed E-state index contributed by atoms with van der Waals surface area (Å²) in [4.78, 5) is 21.9. The van der Waals surface area contributed by atoms with Gasteiger partial charge in [-0.1, -0.05) is 39.0 Å². The van der Waals surface area contributed by atoms with Crippen molar-refractivity contribution in [3.8, 4) is 0 Å². The fourth-order valence-electron chi connectivity index (χ4n) is 4.44. The highest BCUT2D eigenvalue weighted by Crippen LogP contribution is 2.39. The van der Waals surface area contributed by atoms with Gasteiger partial charge in [0.25, 0.3) is 0 Å². The quantitative estimate of drug-likeness (QED) is 0.303. The molecule has 0 heterocycles. The maximum absolute atomic E-state index is 11.4. The first-order valence-corrected chi connectivity index (χ1v) is 11.0. The second-order valence-electron chi connectivity index (χ2n) is 8.22. The number of ether oxygens (including phenoxy) is 1. The summed E-state index contributed by atoms with van der Waals surface area (Å²) >= 11 is 0. The molecule has 0 amide bonds. The topological polar surface area (TPSA) is 83.8 Å². The molecule has 2 N–H and O–H groups in total. The maximum Gasteiger partial charge on any atom is 0.303 e. The van der Waals surface area contributed by atoms with Crippen LogP contribution >= 0.6 is 0 Å². The molecule has 27 heavy (non-hydrogen) atoms. The van der Waals surface area contributed by atoms with Crippen LogP contribution in [0.2, 0.25) is 0 Å². The Morgan fingerprint density at radius 3 is 2.41 bits per heavy atom. The molecule has 0 bridgehead atoms. The first kappa shape index (κ1) is 23.9. The highest BCUT2D eigenvalue weighted by atomic mass is 16.5. The van der Waals surface area contributed by atoms with Gasteiger partial charge < -0.3 is 14.9 Å². The molecule has 0 radical (unpaired) electrons. The highest BCUT2D eigenvalue weighted by Gasteiger charge is 2.34. The van der Waals surface area contributed by atoms with Crippen molar-refractivity contribution >= 4 is 11.9 Å². The minimum absolute atomic E-state index is 0.0171. The lowest BCUT2D eigenvalue weighted by molar-refractivity contribution is -0.147. The van der Waals surface area contributed by atoms with Crippen LogP contribution < -0.4 is 0 Å². The summed E-state index contributed by atoms with van der Waals surface area (Å²) in [6.45, 7) is 3.66. The van der Waals surface area contributed by atoms with E-state index in [1.165, 1.54) is 13.3 Å². The Kier molecular flexibility index (Phi) is 12.4. The van der Waals surface area contributed by atoms with E-state index < -0.39 is 5.97 Å². The van der Waals surface area contributed by atoms with Gasteiger partial charge in [0.15, 0.2) is 0 Å². The standard InChI is InChI=1S/C22H40O5/c1-3-4-7-10-19(27-17(2)23)15-13-18-14-16-21(24)20(18)11-8-5-6-9-12-22(25)26/h18-21,24H,3-16H2,1-2H3,(H,25,26)/t18-,19?,20+,21?/m0/s1. The van der Waals surface area contributed by atoms with E-state index in [4.69, 9.17) is 9.84 Å². The predicted octanol–water partition coefficient (Wildman–Crippen LogP) is 5.09. The van der Waals surface area contributed by atoms with E-state index in [1.807, 2.05) is 0 Å². The number of aliphatic hydroxyl groups is 1. The van der Waals surface area contributed by atoms with Gasteiger partial charge in [-0.15, -0.1) is 0 Å². The van der Waals surface area contributed by atoms with Gasteiger partial charge in [-0.25, -0.2) is 0 Å². The molecule has 1 fully saturated rings. The average molecular weight is 385 g/mol. The molecule has 0 aromatic carbocycles. The van der Waals surface area contributed by atoms with Crippen molar-refractivity contribution in [1.29, 1.82) is 0 Å². The number of carbonyl (C=O) groups excluding carboxylic acids is 1. The van der Waals surface area contributed by atoms with Crippen LogP contribution in [0.25, 0.3) is 0 Å². The van der Waals surface area contributed by atoms with Gasteiger partial charge in [0, 0.05) is 13.3 Å². The van der Waals surface area contributed by atoms with Crippen LogP contribution in [-0.4, -0.2) is 34.4 Å². The van der Waals surface area contributed by atoms with Crippen molar-refractivity contribution < 1.29 is 24.5 Å². The van der Waals surface area contributed by atoms with Crippen LogP contribution in [0, 0.1) is 11.8 Å². The van der Waals surface area contributed by atoms with Gasteiger partial charge in [0.1, 0.15) is 6.10 Å². The Hall–Kier alpha value is -1.10. The molecule has 0 aliphatic heterocycles. The zero-order chi connectivity index (χ0) is 20.1. The number of unbranched alkanes of at least 4 members (excludes halogenated alkanes) is 5. The number of aliphatic carboxylic acids is 1. The average Bonchev–Trinajstić information content (AvgIpc) is 2.95. The molecule has 2 unspecified atom stereocenters. The van der Waals surface area contributed by atoms with E-state index in [1.54, 1.807) is 0 Å². The lowest BCUT2D eigenvalue weighted by Gasteiger charge is -2.24. The molecule has 1 aliphatic rings. The number of esters is 1. The van der Waals surface area contributed by atoms with Crippen LogP contribution in [-0.2, 0) is 14.3 Å². The summed E-state index contributed by atoms with van der Waals surface area (Å²) in [7, 11) is 0. The number of hydrogen-bond acceptors (Lipinski definition) is 4. The van der Waals surface area contributed by atoms with Crippen LogP contribution in [0.4, 0.5) is 0 Å². The number of carboxylic acids is 1. The molecule has 0 saturated heterocycles. The number of carboxylic acid groups (broad SMARTS) is 1. The molecular formula is C22H40O5. The first-order valence-electron chi connectivity index (χ1n) is 11.0. The lowest BCUT2D eigenvalue weighted by Crippen LogP contribution is -2.22.